The first-order valence-electron chi connectivity index (χ1n) is 8.94. The number of carbonyl (C=O) groups excluding carboxylic acids is 2. The number of hydrogen-bond donors (Lipinski definition) is 1. The minimum atomic E-state index is -0.547. The summed E-state index contributed by atoms with van der Waals surface area (Å²) in [4.78, 5) is 38.8. The monoisotopic (exact) mass is 419 g/mol. The zero-order chi connectivity index (χ0) is 21.1. The van der Waals surface area contributed by atoms with E-state index in [1.807, 2.05) is 11.8 Å². The van der Waals surface area contributed by atoms with E-state index in [-0.39, 0.29) is 11.3 Å². The number of aryl methyl sites for hydroxylation is 1. The number of thiophene rings is 1. The Balaban J connectivity index is 2.00. The number of rotatable bonds is 5. The van der Waals surface area contributed by atoms with Crippen LogP contribution in [0.4, 0.5) is 16.4 Å². The summed E-state index contributed by atoms with van der Waals surface area (Å²) in [7, 11) is 1.28. The normalized spacial score (nSPS) is 13.8. The van der Waals surface area contributed by atoms with E-state index in [9.17, 15) is 19.7 Å². The molecule has 0 aliphatic carbocycles. The number of carbonyl (C=O) groups is 2. The second-order valence-electron chi connectivity index (χ2n) is 6.49. The first-order chi connectivity index (χ1) is 13.8. The third kappa shape index (κ3) is 4.22. The summed E-state index contributed by atoms with van der Waals surface area (Å²) >= 11 is 1.26. The molecular weight excluding hydrogens is 398 g/mol. The average Bonchev–Trinajstić information content (AvgIpc) is 3.00. The Morgan fingerprint density at radius 1 is 1.28 bits per heavy atom. The molecule has 1 N–H and O–H groups in total. The molecule has 0 atom stereocenters. The topological polar surface area (TPSA) is 111 Å². The minimum absolute atomic E-state index is 0.167. The lowest BCUT2D eigenvalue weighted by atomic mass is 10.1. The van der Waals surface area contributed by atoms with Crippen LogP contribution in [-0.4, -0.2) is 50.2 Å². The van der Waals surface area contributed by atoms with Gasteiger partial charge < -0.3 is 19.7 Å². The van der Waals surface area contributed by atoms with Crippen molar-refractivity contribution in [2.45, 2.75) is 13.8 Å². The fraction of sp³-hybridized carbons (Fsp3) is 0.368. The van der Waals surface area contributed by atoms with E-state index in [4.69, 9.17) is 9.47 Å². The maximum absolute atomic E-state index is 13.1. The molecule has 0 unspecified atom stereocenters. The Hall–Kier alpha value is -2.98. The first kappa shape index (κ1) is 20.7. The summed E-state index contributed by atoms with van der Waals surface area (Å²) < 4.78 is 10.2. The number of nitro benzene ring substituents is 1. The molecule has 0 saturated carbocycles. The second kappa shape index (κ2) is 8.58. The van der Waals surface area contributed by atoms with E-state index in [0.29, 0.717) is 42.6 Å². The zero-order valence-corrected chi connectivity index (χ0v) is 17.1. The molecule has 1 aliphatic rings. The van der Waals surface area contributed by atoms with Crippen molar-refractivity contribution in [3.8, 4) is 0 Å². The number of nitrogens with zero attached hydrogens (tertiary/aromatic N) is 2. The Morgan fingerprint density at radius 3 is 2.59 bits per heavy atom. The van der Waals surface area contributed by atoms with Crippen LogP contribution in [0.5, 0.6) is 0 Å². The number of hydrogen-bond acceptors (Lipinski definition) is 8. The Kier molecular flexibility index (Phi) is 6.14. The molecule has 1 aromatic heterocycles. The number of amides is 1. The maximum atomic E-state index is 13.1. The van der Waals surface area contributed by atoms with Gasteiger partial charge in [0.2, 0.25) is 0 Å². The number of esters is 1. The summed E-state index contributed by atoms with van der Waals surface area (Å²) in [6, 6.07) is 4.21. The van der Waals surface area contributed by atoms with Crippen LogP contribution in [0.15, 0.2) is 18.2 Å². The zero-order valence-electron chi connectivity index (χ0n) is 16.3. The lowest BCUT2D eigenvalue weighted by molar-refractivity contribution is -0.384. The van der Waals surface area contributed by atoms with Crippen molar-refractivity contribution in [3.05, 3.63) is 49.9 Å². The second-order valence-corrected chi connectivity index (χ2v) is 7.72. The molecule has 0 spiro atoms. The van der Waals surface area contributed by atoms with Gasteiger partial charge in [0, 0.05) is 30.1 Å². The highest BCUT2D eigenvalue weighted by molar-refractivity contribution is 7.16. The van der Waals surface area contributed by atoms with E-state index < -0.39 is 16.8 Å². The number of nitrogens with one attached hydrogen (secondary N) is 1. The average molecular weight is 419 g/mol. The molecule has 1 saturated heterocycles. The van der Waals surface area contributed by atoms with Crippen molar-refractivity contribution in [3.63, 3.8) is 0 Å². The predicted molar refractivity (Wildman–Crippen MR) is 109 cm³/mol. The van der Waals surface area contributed by atoms with Crippen molar-refractivity contribution in [1.29, 1.82) is 0 Å². The Morgan fingerprint density at radius 2 is 1.97 bits per heavy atom. The summed E-state index contributed by atoms with van der Waals surface area (Å²) in [6.07, 6.45) is 0. The van der Waals surface area contributed by atoms with Crippen molar-refractivity contribution in [1.82, 2.24) is 0 Å². The minimum Gasteiger partial charge on any atom is -0.465 e. The van der Waals surface area contributed by atoms with Crippen LogP contribution in [0, 0.1) is 24.0 Å². The lowest BCUT2D eigenvalue weighted by Gasteiger charge is -2.30. The quantitative estimate of drug-likeness (QED) is 0.450. The van der Waals surface area contributed by atoms with Gasteiger partial charge in [-0.3, -0.25) is 14.9 Å². The molecule has 9 nitrogen and oxygen atoms in total. The van der Waals surface area contributed by atoms with Gasteiger partial charge in [-0.25, -0.2) is 4.79 Å². The molecule has 2 aromatic rings. The van der Waals surface area contributed by atoms with Crippen LogP contribution in [0.2, 0.25) is 0 Å². The van der Waals surface area contributed by atoms with Crippen LogP contribution in [0.25, 0.3) is 0 Å². The largest absolute Gasteiger partial charge is 0.465 e. The number of nitro groups is 1. The van der Waals surface area contributed by atoms with Crippen molar-refractivity contribution in [2.75, 3.05) is 43.6 Å². The highest BCUT2D eigenvalue weighted by Crippen LogP contribution is 2.34. The van der Waals surface area contributed by atoms with Gasteiger partial charge in [0.25, 0.3) is 11.6 Å². The van der Waals surface area contributed by atoms with Gasteiger partial charge in [-0.15, -0.1) is 11.3 Å². The molecule has 3 rings (SSSR count). The molecule has 1 amide bonds. The van der Waals surface area contributed by atoms with E-state index in [1.165, 1.54) is 30.6 Å². The summed E-state index contributed by atoms with van der Waals surface area (Å²) in [6.45, 7) is 5.78. The predicted octanol–water partition coefficient (Wildman–Crippen LogP) is 3.15. The van der Waals surface area contributed by atoms with Crippen molar-refractivity contribution < 1.29 is 24.0 Å². The van der Waals surface area contributed by atoms with Gasteiger partial charge >= 0.3 is 5.97 Å². The van der Waals surface area contributed by atoms with Gasteiger partial charge in [-0.2, -0.15) is 0 Å². The SMILES string of the molecule is COC(=O)c1c(NC(=O)c2cc([N+](=O)[O-])ccc2N2CCOCC2)sc(C)c1C. The van der Waals surface area contributed by atoms with Gasteiger partial charge in [0.15, 0.2) is 0 Å². The number of anilines is 2. The van der Waals surface area contributed by atoms with Gasteiger partial charge in [-0.05, 0) is 25.5 Å². The number of non-ortho nitro benzene ring substituents is 1. The lowest BCUT2D eigenvalue weighted by Crippen LogP contribution is -2.37. The number of ether oxygens (including phenoxy) is 2. The number of methoxy groups -OCH3 is 1. The van der Waals surface area contributed by atoms with E-state index in [0.717, 1.165) is 10.4 Å². The van der Waals surface area contributed by atoms with Gasteiger partial charge in [-0.1, -0.05) is 0 Å². The molecule has 0 bridgehead atoms. The van der Waals surface area contributed by atoms with Crippen LogP contribution >= 0.6 is 11.3 Å². The maximum Gasteiger partial charge on any atom is 0.341 e. The molecule has 2 heterocycles. The highest BCUT2D eigenvalue weighted by Gasteiger charge is 2.26. The van der Waals surface area contributed by atoms with Crippen LogP contribution in [-0.2, 0) is 9.47 Å². The molecular formula is C19H21N3O6S. The summed E-state index contributed by atoms with van der Waals surface area (Å²) in [5.74, 6) is -1.07. The van der Waals surface area contributed by atoms with Gasteiger partial charge in [0.1, 0.15) is 5.00 Å². The molecule has 1 fully saturated rings. The molecule has 10 heteroatoms. The fourth-order valence-electron chi connectivity index (χ4n) is 3.13. The summed E-state index contributed by atoms with van der Waals surface area (Å²) in [5, 5.41) is 14.3. The van der Waals surface area contributed by atoms with E-state index in [2.05, 4.69) is 5.32 Å². The first-order valence-corrected chi connectivity index (χ1v) is 9.76. The summed E-state index contributed by atoms with van der Waals surface area (Å²) in [5.41, 5.74) is 1.59. The number of morpholine rings is 1. The molecule has 0 radical (unpaired) electrons. The Bertz CT molecular complexity index is 965. The molecule has 1 aliphatic heterocycles. The third-order valence-electron chi connectivity index (χ3n) is 4.79. The van der Waals surface area contributed by atoms with Crippen LogP contribution in [0.3, 0.4) is 0 Å². The highest BCUT2D eigenvalue weighted by atomic mass is 32.1. The molecule has 29 heavy (non-hydrogen) atoms. The van der Waals surface area contributed by atoms with Crippen LogP contribution < -0.4 is 10.2 Å². The van der Waals surface area contributed by atoms with Gasteiger partial charge in [0.05, 0.1) is 42.1 Å². The number of benzene rings is 1. The fourth-order valence-corrected chi connectivity index (χ4v) is 4.18. The molecule has 1 aromatic carbocycles. The third-order valence-corrected chi connectivity index (χ3v) is 5.91. The molecule has 154 valence electrons. The van der Waals surface area contributed by atoms with E-state index in [1.54, 1.807) is 13.0 Å². The van der Waals surface area contributed by atoms with E-state index >= 15 is 0 Å². The van der Waals surface area contributed by atoms with Crippen molar-refractivity contribution >= 4 is 39.6 Å². The van der Waals surface area contributed by atoms with Crippen LogP contribution in [0.1, 0.15) is 31.2 Å². The van der Waals surface area contributed by atoms with Crippen molar-refractivity contribution in [2.24, 2.45) is 0 Å². The smallest absolute Gasteiger partial charge is 0.341 e. The standard InChI is InChI=1S/C19H21N3O6S/c1-11-12(2)29-18(16(11)19(24)27-3)20-17(23)14-10-13(22(25)26)4-5-15(14)21-6-8-28-9-7-21/h4-5,10H,6-9H2,1-3H3,(H,20,23). The Labute approximate surface area is 171 Å².